The zero-order valence-electron chi connectivity index (χ0n) is 29.6. The minimum absolute atomic E-state index is 0.0603. The molecule has 0 bridgehead atoms. The molecule has 294 valence electrons. The van der Waals surface area contributed by atoms with E-state index in [9.17, 15) is 8.42 Å². The Bertz CT molecular complexity index is 944. The number of benzene rings is 1. The van der Waals surface area contributed by atoms with Crippen LogP contribution in [0.15, 0.2) is 29.2 Å². The Labute approximate surface area is 312 Å². The lowest BCUT2D eigenvalue weighted by Crippen LogP contribution is -2.16. The van der Waals surface area contributed by atoms with Gasteiger partial charge in [0.15, 0.2) is 0 Å². The Hall–Kier alpha value is -0.620. The summed E-state index contributed by atoms with van der Waals surface area (Å²) in [6.45, 7) is 13.5. The van der Waals surface area contributed by atoms with Crippen LogP contribution in [0, 0.1) is 6.92 Å². The number of alkyl halides is 1. The molecular formula is C33H59IO15S. The molecule has 17 heteroatoms. The molecule has 0 radical (unpaired) electrons. The summed E-state index contributed by atoms with van der Waals surface area (Å²) in [4.78, 5) is 0.127. The Morgan fingerprint density at radius 2 is 0.600 bits per heavy atom. The number of ether oxygens (including phenoxy) is 12. The maximum absolute atomic E-state index is 12.1. The smallest absolute Gasteiger partial charge is 0.297 e. The lowest BCUT2D eigenvalue weighted by atomic mass is 10.2. The van der Waals surface area contributed by atoms with Crippen molar-refractivity contribution >= 4 is 32.7 Å². The summed E-state index contributed by atoms with van der Waals surface area (Å²) < 4.78 is 95.3. The van der Waals surface area contributed by atoms with Crippen LogP contribution in [-0.2, 0) is 71.1 Å². The molecule has 50 heavy (non-hydrogen) atoms. The fourth-order valence-corrected chi connectivity index (χ4v) is 4.76. The molecular weight excluding hydrogens is 795 g/mol. The average molecular weight is 855 g/mol. The van der Waals surface area contributed by atoms with Gasteiger partial charge in [-0.2, -0.15) is 8.42 Å². The lowest BCUT2D eigenvalue weighted by Gasteiger charge is -2.09. The fourth-order valence-electron chi connectivity index (χ4n) is 3.55. The van der Waals surface area contributed by atoms with E-state index in [0.29, 0.717) is 145 Å². The van der Waals surface area contributed by atoms with Crippen LogP contribution in [0.2, 0.25) is 0 Å². The zero-order chi connectivity index (χ0) is 36.1. The van der Waals surface area contributed by atoms with E-state index < -0.39 is 10.1 Å². The molecule has 0 amide bonds. The normalized spacial score (nSPS) is 11.9. The van der Waals surface area contributed by atoms with Crippen molar-refractivity contribution in [2.75, 3.05) is 170 Å². The summed E-state index contributed by atoms with van der Waals surface area (Å²) in [5.41, 5.74) is 0.975. The summed E-state index contributed by atoms with van der Waals surface area (Å²) in [5.74, 6) is 0. The fraction of sp³-hybridized carbons (Fsp3) is 0.818. The molecule has 0 saturated carbocycles. The highest BCUT2D eigenvalue weighted by Gasteiger charge is 2.14. The highest BCUT2D eigenvalue weighted by Crippen LogP contribution is 2.12. The minimum atomic E-state index is -3.78. The van der Waals surface area contributed by atoms with Gasteiger partial charge in [0.25, 0.3) is 10.1 Å². The van der Waals surface area contributed by atoms with E-state index >= 15 is 0 Å². The van der Waals surface area contributed by atoms with Crippen LogP contribution in [0.3, 0.4) is 0 Å². The van der Waals surface area contributed by atoms with E-state index in [1.807, 2.05) is 6.92 Å². The van der Waals surface area contributed by atoms with E-state index in [-0.39, 0.29) is 18.1 Å². The summed E-state index contributed by atoms with van der Waals surface area (Å²) in [5, 5.41) is 0. The molecule has 0 N–H and O–H groups in total. The van der Waals surface area contributed by atoms with Crippen molar-refractivity contribution in [2.45, 2.75) is 11.8 Å². The topological polar surface area (TPSA) is 154 Å². The van der Waals surface area contributed by atoms with Crippen LogP contribution in [0.25, 0.3) is 0 Å². The second-order valence-corrected chi connectivity index (χ2v) is 12.8. The average Bonchev–Trinajstić information content (AvgIpc) is 3.11. The van der Waals surface area contributed by atoms with E-state index in [4.69, 9.17) is 61.0 Å². The maximum Gasteiger partial charge on any atom is 0.297 e. The van der Waals surface area contributed by atoms with Crippen molar-refractivity contribution < 1.29 is 69.4 Å². The van der Waals surface area contributed by atoms with E-state index in [1.54, 1.807) is 12.1 Å². The molecule has 0 saturated heterocycles. The first-order valence-corrected chi connectivity index (χ1v) is 19.9. The predicted octanol–water partition coefficient (Wildman–Crippen LogP) is 2.33. The SMILES string of the molecule is Cc1ccc(S(=O)(=O)OCCOCCOCCOCCOCCOCCOCCOCCOCCOCCOCCOCCOCCI)cc1. The Morgan fingerprint density at radius 1 is 0.380 bits per heavy atom. The first kappa shape index (κ1) is 47.4. The monoisotopic (exact) mass is 854 g/mol. The molecule has 0 aliphatic heterocycles. The number of rotatable bonds is 40. The molecule has 0 heterocycles. The van der Waals surface area contributed by atoms with Gasteiger partial charge in [0.1, 0.15) is 0 Å². The van der Waals surface area contributed by atoms with Crippen LogP contribution in [-0.4, -0.2) is 178 Å². The quantitative estimate of drug-likeness (QED) is 0.0411. The van der Waals surface area contributed by atoms with Gasteiger partial charge >= 0.3 is 0 Å². The number of aryl methyl sites for hydroxylation is 1. The Kier molecular flexibility index (Phi) is 34.8. The molecule has 0 spiro atoms. The molecule has 0 unspecified atom stereocenters. The van der Waals surface area contributed by atoms with Gasteiger partial charge in [-0.3, -0.25) is 4.18 Å². The molecule has 1 aromatic rings. The van der Waals surface area contributed by atoms with Gasteiger partial charge in [0, 0.05) is 4.43 Å². The van der Waals surface area contributed by atoms with Crippen LogP contribution in [0.5, 0.6) is 0 Å². The maximum atomic E-state index is 12.1. The Morgan fingerprint density at radius 3 is 0.840 bits per heavy atom. The number of hydrogen-bond donors (Lipinski definition) is 0. The van der Waals surface area contributed by atoms with E-state index in [0.717, 1.165) is 16.6 Å². The highest BCUT2D eigenvalue weighted by molar-refractivity contribution is 14.1. The molecule has 0 aromatic heterocycles. The van der Waals surface area contributed by atoms with Crippen LogP contribution < -0.4 is 0 Å². The summed E-state index contributed by atoms with van der Waals surface area (Å²) in [7, 11) is -3.78. The van der Waals surface area contributed by atoms with Crippen molar-refractivity contribution in [1.29, 1.82) is 0 Å². The third-order valence-electron chi connectivity index (χ3n) is 6.09. The Balaban J connectivity index is 1.66. The van der Waals surface area contributed by atoms with Crippen LogP contribution >= 0.6 is 22.6 Å². The number of hydrogen-bond acceptors (Lipinski definition) is 15. The largest absolute Gasteiger partial charge is 0.378 e. The summed E-state index contributed by atoms with van der Waals surface area (Å²) >= 11 is 2.27. The van der Waals surface area contributed by atoms with Gasteiger partial charge in [-0.1, -0.05) is 40.3 Å². The molecule has 0 aliphatic rings. The molecule has 0 fully saturated rings. The molecule has 1 aromatic carbocycles. The first-order valence-electron chi connectivity index (χ1n) is 17.0. The van der Waals surface area contributed by atoms with Crippen LogP contribution in [0.4, 0.5) is 0 Å². The van der Waals surface area contributed by atoms with Crippen molar-refractivity contribution in [1.82, 2.24) is 0 Å². The zero-order valence-corrected chi connectivity index (χ0v) is 32.6. The van der Waals surface area contributed by atoms with Gasteiger partial charge in [0.2, 0.25) is 0 Å². The van der Waals surface area contributed by atoms with Crippen molar-refractivity contribution in [2.24, 2.45) is 0 Å². The highest BCUT2D eigenvalue weighted by atomic mass is 127. The molecule has 15 nitrogen and oxygen atoms in total. The van der Waals surface area contributed by atoms with Crippen LogP contribution in [0.1, 0.15) is 5.56 Å². The van der Waals surface area contributed by atoms with Crippen molar-refractivity contribution in [3.05, 3.63) is 29.8 Å². The second kappa shape index (κ2) is 36.7. The lowest BCUT2D eigenvalue weighted by molar-refractivity contribution is -0.0284. The molecule has 0 aliphatic carbocycles. The van der Waals surface area contributed by atoms with E-state index in [1.165, 1.54) is 12.1 Å². The van der Waals surface area contributed by atoms with E-state index in [2.05, 4.69) is 22.6 Å². The number of halogens is 1. The van der Waals surface area contributed by atoms with Gasteiger partial charge in [-0.15, -0.1) is 0 Å². The van der Waals surface area contributed by atoms with Crippen molar-refractivity contribution in [3.63, 3.8) is 0 Å². The minimum Gasteiger partial charge on any atom is -0.378 e. The van der Waals surface area contributed by atoms with Gasteiger partial charge in [0.05, 0.1) is 170 Å². The summed E-state index contributed by atoms with van der Waals surface area (Å²) in [6, 6.07) is 6.48. The molecule has 1 rings (SSSR count). The van der Waals surface area contributed by atoms with Gasteiger partial charge in [-0.25, -0.2) is 0 Å². The first-order chi connectivity index (χ1) is 24.6. The van der Waals surface area contributed by atoms with Gasteiger partial charge < -0.3 is 56.8 Å². The summed E-state index contributed by atoms with van der Waals surface area (Å²) in [6.07, 6.45) is 0. The third-order valence-corrected chi connectivity index (χ3v) is 7.86. The van der Waals surface area contributed by atoms with Gasteiger partial charge in [-0.05, 0) is 19.1 Å². The second-order valence-electron chi connectivity index (χ2n) is 10.1. The predicted molar refractivity (Wildman–Crippen MR) is 193 cm³/mol. The third kappa shape index (κ3) is 32.1. The van der Waals surface area contributed by atoms with Crippen molar-refractivity contribution in [3.8, 4) is 0 Å². The molecule has 0 atom stereocenters. The standard InChI is InChI=1S/C33H59IO15S/c1-32-2-4-33(5-3-32)50(35,36)49-31-30-48-29-28-47-27-26-46-25-24-45-23-22-44-21-20-43-19-18-42-17-16-41-15-14-40-13-12-39-11-10-38-9-8-37-7-6-34/h2-5H,6-31H2,1H3.